The zero-order valence-electron chi connectivity index (χ0n) is 14.3. The Kier molecular flexibility index (Phi) is 5.72. The molecular weight excluding hydrogens is 347 g/mol. The SMILES string of the molecule is CC(C)(C)CC(=O)N1CSCC1C(=O)Nc1cc(C(=O)O)ccc1F. The van der Waals surface area contributed by atoms with Crippen molar-refractivity contribution in [2.24, 2.45) is 5.41 Å². The normalized spacial score (nSPS) is 17.4. The van der Waals surface area contributed by atoms with Gasteiger partial charge in [-0.05, 0) is 23.6 Å². The maximum absolute atomic E-state index is 13.9. The molecule has 6 nitrogen and oxygen atoms in total. The van der Waals surface area contributed by atoms with Gasteiger partial charge in [-0.15, -0.1) is 11.8 Å². The van der Waals surface area contributed by atoms with Crippen LogP contribution in [0.1, 0.15) is 37.6 Å². The van der Waals surface area contributed by atoms with Crippen LogP contribution >= 0.6 is 11.8 Å². The minimum absolute atomic E-state index is 0.127. The number of halogens is 1. The van der Waals surface area contributed by atoms with Gasteiger partial charge in [0.05, 0.1) is 17.1 Å². The van der Waals surface area contributed by atoms with E-state index in [1.807, 2.05) is 20.8 Å². The summed E-state index contributed by atoms with van der Waals surface area (Å²) in [5.41, 5.74) is -0.531. The molecule has 2 N–H and O–H groups in total. The van der Waals surface area contributed by atoms with Crippen LogP contribution in [-0.2, 0) is 9.59 Å². The Hall–Kier alpha value is -2.09. The van der Waals surface area contributed by atoms with Gasteiger partial charge in [0, 0.05) is 12.2 Å². The highest BCUT2D eigenvalue weighted by Crippen LogP contribution is 2.27. The van der Waals surface area contributed by atoms with E-state index in [1.54, 1.807) is 0 Å². The summed E-state index contributed by atoms with van der Waals surface area (Å²) in [7, 11) is 0. The van der Waals surface area contributed by atoms with Crippen LogP contribution in [0.25, 0.3) is 0 Å². The predicted octanol–water partition coefficient (Wildman–Crippen LogP) is 2.80. The quantitative estimate of drug-likeness (QED) is 0.853. The molecule has 0 radical (unpaired) electrons. The first kappa shape index (κ1) is 19.2. The third-order valence-corrected chi connectivity index (χ3v) is 4.67. The number of carboxylic acid groups (broad SMARTS) is 1. The summed E-state index contributed by atoms with van der Waals surface area (Å²) in [6.45, 7) is 5.82. The minimum atomic E-state index is -1.21. The number of carbonyl (C=O) groups is 3. The van der Waals surface area contributed by atoms with Crippen LogP contribution in [0.2, 0.25) is 0 Å². The maximum Gasteiger partial charge on any atom is 0.335 e. The number of amides is 2. The zero-order valence-corrected chi connectivity index (χ0v) is 15.2. The molecule has 0 bridgehead atoms. The van der Waals surface area contributed by atoms with Crippen LogP contribution < -0.4 is 5.32 Å². The largest absolute Gasteiger partial charge is 0.478 e. The average molecular weight is 368 g/mol. The molecule has 25 heavy (non-hydrogen) atoms. The Morgan fingerprint density at radius 3 is 2.64 bits per heavy atom. The van der Waals surface area contributed by atoms with E-state index in [-0.39, 0.29) is 22.6 Å². The molecule has 1 aromatic carbocycles. The number of hydrogen-bond acceptors (Lipinski definition) is 4. The molecule has 2 rings (SSSR count). The van der Waals surface area contributed by atoms with Crippen molar-refractivity contribution in [3.8, 4) is 0 Å². The number of nitrogens with zero attached hydrogens (tertiary/aromatic N) is 1. The maximum atomic E-state index is 13.9. The number of carboxylic acids is 1. The van der Waals surface area contributed by atoms with Gasteiger partial charge in [-0.25, -0.2) is 9.18 Å². The van der Waals surface area contributed by atoms with Crippen LogP contribution in [0.5, 0.6) is 0 Å². The first-order chi connectivity index (χ1) is 11.6. The summed E-state index contributed by atoms with van der Waals surface area (Å²) in [4.78, 5) is 37.4. The highest BCUT2D eigenvalue weighted by Gasteiger charge is 2.36. The van der Waals surface area contributed by atoms with E-state index in [9.17, 15) is 18.8 Å². The van der Waals surface area contributed by atoms with Crippen molar-refractivity contribution in [3.05, 3.63) is 29.6 Å². The van der Waals surface area contributed by atoms with Gasteiger partial charge >= 0.3 is 5.97 Å². The van der Waals surface area contributed by atoms with Gasteiger partial charge in [-0.2, -0.15) is 0 Å². The second kappa shape index (κ2) is 7.43. The van der Waals surface area contributed by atoms with E-state index in [0.29, 0.717) is 18.1 Å². The Morgan fingerprint density at radius 2 is 2.04 bits per heavy atom. The van der Waals surface area contributed by atoms with Gasteiger partial charge in [0.25, 0.3) is 0 Å². The van der Waals surface area contributed by atoms with E-state index >= 15 is 0 Å². The van der Waals surface area contributed by atoms with Crippen molar-refractivity contribution < 1.29 is 23.9 Å². The van der Waals surface area contributed by atoms with Crippen molar-refractivity contribution in [2.45, 2.75) is 33.2 Å². The van der Waals surface area contributed by atoms with Crippen LogP contribution in [0.3, 0.4) is 0 Å². The fourth-order valence-corrected chi connectivity index (χ4v) is 3.61. The number of anilines is 1. The second-order valence-corrected chi connectivity index (χ2v) is 8.11. The van der Waals surface area contributed by atoms with E-state index in [1.165, 1.54) is 16.7 Å². The third-order valence-electron chi connectivity index (χ3n) is 3.66. The van der Waals surface area contributed by atoms with Crippen LogP contribution in [0.15, 0.2) is 18.2 Å². The molecule has 0 aliphatic carbocycles. The van der Waals surface area contributed by atoms with Crippen molar-refractivity contribution in [3.63, 3.8) is 0 Å². The van der Waals surface area contributed by atoms with E-state index in [2.05, 4.69) is 5.32 Å². The first-order valence-corrected chi connectivity index (χ1v) is 8.95. The molecule has 1 aliphatic rings. The van der Waals surface area contributed by atoms with Crippen LogP contribution in [0.4, 0.5) is 10.1 Å². The average Bonchev–Trinajstić information content (AvgIpc) is 2.97. The Labute approximate surface area is 149 Å². The fraction of sp³-hybridized carbons (Fsp3) is 0.471. The number of thioether (sulfide) groups is 1. The molecule has 1 aliphatic heterocycles. The molecule has 1 heterocycles. The molecule has 1 unspecified atom stereocenters. The highest BCUT2D eigenvalue weighted by molar-refractivity contribution is 7.99. The van der Waals surface area contributed by atoms with E-state index in [4.69, 9.17) is 5.11 Å². The number of aromatic carboxylic acids is 1. The van der Waals surface area contributed by atoms with Crippen molar-refractivity contribution in [1.82, 2.24) is 4.90 Å². The molecular formula is C17H21FN2O4S. The fourth-order valence-electron chi connectivity index (χ4n) is 2.43. The van der Waals surface area contributed by atoms with Crippen molar-refractivity contribution in [2.75, 3.05) is 16.9 Å². The number of hydrogen-bond donors (Lipinski definition) is 2. The lowest BCUT2D eigenvalue weighted by atomic mass is 9.91. The van der Waals surface area contributed by atoms with Gasteiger partial charge in [0.2, 0.25) is 11.8 Å². The van der Waals surface area contributed by atoms with Gasteiger partial charge in [-0.1, -0.05) is 20.8 Å². The number of benzene rings is 1. The van der Waals surface area contributed by atoms with E-state index < -0.39 is 23.7 Å². The molecule has 0 saturated carbocycles. The second-order valence-electron chi connectivity index (χ2n) is 7.11. The van der Waals surface area contributed by atoms with Crippen LogP contribution in [0, 0.1) is 11.2 Å². The van der Waals surface area contributed by atoms with Gasteiger partial charge < -0.3 is 15.3 Å². The first-order valence-electron chi connectivity index (χ1n) is 7.79. The Bertz CT molecular complexity index is 702. The monoisotopic (exact) mass is 368 g/mol. The van der Waals surface area contributed by atoms with E-state index in [0.717, 1.165) is 18.2 Å². The number of rotatable bonds is 4. The van der Waals surface area contributed by atoms with Gasteiger partial charge in [0.1, 0.15) is 11.9 Å². The van der Waals surface area contributed by atoms with Crippen molar-refractivity contribution >= 4 is 35.2 Å². The molecule has 1 atom stereocenters. The molecule has 0 aromatic heterocycles. The predicted molar refractivity (Wildman–Crippen MR) is 94.0 cm³/mol. The molecule has 136 valence electrons. The van der Waals surface area contributed by atoms with Gasteiger partial charge in [-0.3, -0.25) is 9.59 Å². The summed E-state index contributed by atoms with van der Waals surface area (Å²) < 4.78 is 13.9. The summed E-state index contributed by atoms with van der Waals surface area (Å²) in [5, 5.41) is 11.4. The molecule has 2 amide bonds. The lowest BCUT2D eigenvalue weighted by molar-refractivity contribution is -0.137. The third kappa shape index (κ3) is 4.94. The Morgan fingerprint density at radius 1 is 1.36 bits per heavy atom. The molecule has 1 fully saturated rings. The Balaban J connectivity index is 2.13. The lowest BCUT2D eigenvalue weighted by Gasteiger charge is -2.26. The van der Waals surface area contributed by atoms with Crippen molar-refractivity contribution in [1.29, 1.82) is 0 Å². The van der Waals surface area contributed by atoms with Gasteiger partial charge in [0.15, 0.2) is 0 Å². The number of nitrogens with one attached hydrogen (secondary N) is 1. The summed E-state index contributed by atoms with van der Waals surface area (Å²) in [5.74, 6) is -1.76. The molecule has 1 saturated heterocycles. The zero-order chi connectivity index (χ0) is 18.8. The number of carbonyl (C=O) groups excluding carboxylic acids is 2. The smallest absolute Gasteiger partial charge is 0.335 e. The molecule has 8 heteroatoms. The minimum Gasteiger partial charge on any atom is -0.478 e. The topological polar surface area (TPSA) is 86.7 Å². The van der Waals surface area contributed by atoms with Crippen LogP contribution in [-0.4, -0.2) is 45.5 Å². The molecule has 1 aromatic rings. The molecule has 0 spiro atoms. The summed E-state index contributed by atoms with van der Waals surface area (Å²) in [6.07, 6.45) is 0.306. The summed E-state index contributed by atoms with van der Waals surface area (Å²) >= 11 is 1.45. The highest BCUT2D eigenvalue weighted by atomic mass is 32.2. The standard InChI is InChI=1S/C17H21FN2O4S/c1-17(2,3)7-14(21)20-9-25-8-13(20)15(22)19-12-6-10(16(23)24)4-5-11(12)18/h4-6,13H,7-9H2,1-3H3,(H,19,22)(H,23,24). The lowest BCUT2D eigenvalue weighted by Crippen LogP contribution is -2.45. The summed E-state index contributed by atoms with van der Waals surface area (Å²) in [6, 6.07) is 2.48.